The van der Waals surface area contributed by atoms with Crippen molar-refractivity contribution in [2.45, 2.75) is 39.3 Å². The molecule has 1 aromatic carbocycles. The van der Waals surface area contributed by atoms with Crippen molar-refractivity contribution in [2.24, 2.45) is 0 Å². The Morgan fingerprint density at radius 2 is 2.00 bits per heavy atom. The Balaban J connectivity index is 2.71. The maximum Gasteiger partial charge on any atom is 0.328 e. The molecule has 0 aliphatic rings. The molecular weight excluding hydrogens is 249 g/mol. The molecule has 1 N–H and O–H groups in total. The normalized spacial score (nSPS) is 12.7. The first-order chi connectivity index (χ1) is 8.73. The van der Waals surface area contributed by atoms with Crippen molar-refractivity contribution in [3.05, 3.63) is 24.0 Å². The molecule has 1 atom stereocenters. The lowest BCUT2D eigenvalue weighted by Gasteiger charge is -2.23. The van der Waals surface area contributed by atoms with Gasteiger partial charge in [0.2, 0.25) is 0 Å². The van der Waals surface area contributed by atoms with Gasteiger partial charge in [0.25, 0.3) is 0 Å². The Labute approximate surface area is 112 Å². The van der Waals surface area contributed by atoms with Gasteiger partial charge in [0.15, 0.2) is 11.6 Å². The number of halogens is 1. The number of methoxy groups -OCH3 is 1. The van der Waals surface area contributed by atoms with Crippen LogP contribution in [-0.4, -0.2) is 24.7 Å². The number of anilines is 1. The number of benzene rings is 1. The van der Waals surface area contributed by atoms with E-state index in [0.717, 1.165) is 0 Å². The standard InChI is InChI=1S/C14H20FNO3/c1-9(13(17)19-14(2,3)4)16-10-6-7-11(15)12(8-10)18-5/h6-9,16H,1-5H3. The molecule has 19 heavy (non-hydrogen) atoms. The average Bonchev–Trinajstić information content (AvgIpc) is 2.29. The second kappa shape index (κ2) is 5.91. The molecule has 0 spiro atoms. The molecule has 0 aliphatic carbocycles. The minimum absolute atomic E-state index is 0.126. The minimum atomic E-state index is -0.534. The summed E-state index contributed by atoms with van der Waals surface area (Å²) in [5, 5.41) is 2.94. The van der Waals surface area contributed by atoms with Crippen LogP contribution in [0.5, 0.6) is 5.75 Å². The van der Waals surface area contributed by atoms with E-state index in [2.05, 4.69) is 5.32 Å². The summed E-state index contributed by atoms with van der Waals surface area (Å²) in [4.78, 5) is 11.8. The van der Waals surface area contributed by atoms with Gasteiger partial charge in [0.1, 0.15) is 11.6 Å². The molecule has 1 aromatic rings. The first-order valence-corrected chi connectivity index (χ1v) is 6.06. The van der Waals surface area contributed by atoms with Crippen LogP contribution in [0.2, 0.25) is 0 Å². The second-order valence-corrected chi connectivity index (χ2v) is 5.25. The molecule has 5 heteroatoms. The number of ether oxygens (including phenoxy) is 2. The lowest BCUT2D eigenvalue weighted by atomic mass is 10.2. The Morgan fingerprint density at radius 3 is 2.53 bits per heavy atom. The van der Waals surface area contributed by atoms with Crippen LogP contribution in [0.3, 0.4) is 0 Å². The van der Waals surface area contributed by atoms with E-state index in [1.165, 1.54) is 19.2 Å². The molecule has 0 saturated heterocycles. The van der Waals surface area contributed by atoms with Gasteiger partial charge < -0.3 is 14.8 Å². The van der Waals surface area contributed by atoms with E-state index in [9.17, 15) is 9.18 Å². The van der Waals surface area contributed by atoms with Crippen molar-refractivity contribution in [3.8, 4) is 5.75 Å². The van der Waals surface area contributed by atoms with Gasteiger partial charge in [0, 0.05) is 11.8 Å². The summed E-state index contributed by atoms with van der Waals surface area (Å²) in [5.41, 5.74) is 0.0599. The largest absolute Gasteiger partial charge is 0.494 e. The highest BCUT2D eigenvalue weighted by Crippen LogP contribution is 2.22. The third-order valence-corrected chi connectivity index (χ3v) is 2.29. The smallest absolute Gasteiger partial charge is 0.328 e. The van der Waals surface area contributed by atoms with Gasteiger partial charge in [-0.25, -0.2) is 9.18 Å². The topological polar surface area (TPSA) is 47.6 Å². The summed E-state index contributed by atoms with van der Waals surface area (Å²) in [6.45, 7) is 7.10. The average molecular weight is 269 g/mol. The number of hydrogen-bond acceptors (Lipinski definition) is 4. The van der Waals surface area contributed by atoms with Crippen LogP contribution in [0.25, 0.3) is 0 Å². The Bertz CT molecular complexity index is 454. The van der Waals surface area contributed by atoms with Crippen LogP contribution in [0.4, 0.5) is 10.1 Å². The van der Waals surface area contributed by atoms with E-state index in [-0.39, 0.29) is 11.7 Å². The monoisotopic (exact) mass is 269 g/mol. The zero-order chi connectivity index (χ0) is 14.6. The zero-order valence-electron chi connectivity index (χ0n) is 11.9. The van der Waals surface area contributed by atoms with Crippen molar-refractivity contribution in [3.63, 3.8) is 0 Å². The molecule has 0 bridgehead atoms. The first kappa shape index (κ1) is 15.3. The number of carbonyl (C=O) groups is 1. The van der Waals surface area contributed by atoms with Crippen LogP contribution < -0.4 is 10.1 Å². The maximum atomic E-state index is 13.2. The summed E-state index contributed by atoms with van der Waals surface area (Å²) in [6, 6.07) is 3.78. The first-order valence-electron chi connectivity index (χ1n) is 6.06. The fourth-order valence-corrected chi connectivity index (χ4v) is 1.45. The van der Waals surface area contributed by atoms with Crippen LogP contribution in [-0.2, 0) is 9.53 Å². The summed E-state index contributed by atoms with van der Waals surface area (Å²) in [7, 11) is 1.39. The number of hydrogen-bond donors (Lipinski definition) is 1. The van der Waals surface area contributed by atoms with Crippen molar-refractivity contribution in [1.29, 1.82) is 0 Å². The molecule has 0 aliphatic heterocycles. The van der Waals surface area contributed by atoms with Gasteiger partial charge in [-0.2, -0.15) is 0 Å². The van der Waals surface area contributed by atoms with Gasteiger partial charge in [0.05, 0.1) is 7.11 Å². The summed E-state index contributed by atoms with van der Waals surface area (Å²) >= 11 is 0. The van der Waals surface area contributed by atoms with Crippen molar-refractivity contribution in [1.82, 2.24) is 0 Å². The van der Waals surface area contributed by atoms with Gasteiger partial charge in [-0.05, 0) is 39.8 Å². The Morgan fingerprint density at radius 1 is 1.37 bits per heavy atom. The van der Waals surface area contributed by atoms with Gasteiger partial charge >= 0.3 is 5.97 Å². The molecule has 0 heterocycles. The van der Waals surface area contributed by atoms with Gasteiger partial charge in [-0.15, -0.1) is 0 Å². The van der Waals surface area contributed by atoms with Crippen LogP contribution >= 0.6 is 0 Å². The van der Waals surface area contributed by atoms with Gasteiger partial charge in [-0.1, -0.05) is 0 Å². The van der Waals surface area contributed by atoms with Crippen molar-refractivity contribution in [2.75, 3.05) is 12.4 Å². The molecule has 0 radical (unpaired) electrons. The van der Waals surface area contributed by atoms with Crippen LogP contribution in [0, 0.1) is 5.82 Å². The SMILES string of the molecule is COc1cc(NC(C)C(=O)OC(C)(C)C)ccc1F. The van der Waals surface area contributed by atoms with Crippen LogP contribution in [0.15, 0.2) is 18.2 Å². The fourth-order valence-electron chi connectivity index (χ4n) is 1.45. The van der Waals surface area contributed by atoms with E-state index >= 15 is 0 Å². The molecule has 0 fully saturated rings. The number of nitrogens with one attached hydrogen (secondary N) is 1. The zero-order valence-corrected chi connectivity index (χ0v) is 11.9. The Hall–Kier alpha value is -1.78. The van der Waals surface area contributed by atoms with Crippen LogP contribution in [0.1, 0.15) is 27.7 Å². The molecule has 1 rings (SSSR count). The lowest BCUT2D eigenvalue weighted by molar-refractivity contribution is -0.155. The molecule has 106 valence electrons. The lowest BCUT2D eigenvalue weighted by Crippen LogP contribution is -2.34. The van der Waals surface area contributed by atoms with Crippen molar-refractivity contribution < 1.29 is 18.7 Å². The van der Waals surface area contributed by atoms with E-state index < -0.39 is 17.5 Å². The highest BCUT2D eigenvalue weighted by atomic mass is 19.1. The minimum Gasteiger partial charge on any atom is -0.494 e. The summed E-state index contributed by atoms with van der Waals surface area (Å²) < 4.78 is 23.4. The summed E-state index contributed by atoms with van der Waals surface area (Å²) in [6.07, 6.45) is 0. The molecule has 0 saturated carbocycles. The predicted molar refractivity (Wildman–Crippen MR) is 71.9 cm³/mol. The van der Waals surface area contributed by atoms with E-state index in [1.807, 2.05) is 0 Å². The third kappa shape index (κ3) is 4.77. The highest BCUT2D eigenvalue weighted by Gasteiger charge is 2.21. The number of carbonyl (C=O) groups excluding carboxylic acids is 1. The van der Waals surface area contributed by atoms with E-state index in [4.69, 9.17) is 9.47 Å². The number of esters is 1. The van der Waals surface area contributed by atoms with Gasteiger partial charge in [-0.3, -0.25) is 0 Å². The quantitative estimate of drug-likeness (QED) is 0.854. The third-order valence-electron chi connectivity index (χ3n) is 2.29. The van der Waals surface area contributed by atoms with Crippen molar-refractivity contribution >= 4 is 11.7 Å². The molecule has 4 nitrogen and oxygen atoms in total. The molecular formula is C14H20FNO3. The maximum absolute atomic E-state index is 13.2. The summed E-state index contributed by atoms with van der Waals surface area (Å²) in [5.74, 6) is -0.685. The molecule has 0 aromatic heterocycles. The fraction of sp³-hybridized carbons (Fsp3) is 0.500. The van der Waals surface area contributed by atoms with E-state index in [0.29, 0.717) is 5.69 Å². The number of rotatable bonds is 4. The highest BCUT2D eigenvalue weighted by molar-refractivity contribution is 5.79. The predicted octanol–water partition coefficient (Wildman–Crippen LogP) is 2.98. The second-order valence-electron chi connectivity index (χ2n) is 5.25. The van der Waals surface area contributed by atoms with E-state index in [1.54, 1.807) is 33.8 Å². The Kier molecular flexibility index (Phi) is 4.75. The molecule has 0 amide bonds. The molecule has 1 unspecified atom stereocenters.